The first kappa shape index (κ1) is 6.85. The predicted octanol–water partition coefficient (Wildman–Crippen LogP) is 1.44. The van der Waals surface area contributed by atoms with Crippen LogP contribution in [-0.2, 0) is 0 Å². The third-order valence-electron chi connectivity index (χ3n) is 2.31. The van der Waals surface area contributed by atoms with E-state index in [1.165, 1.54) is 19.4 Å². The summed E-state index contributed by atoms with van der Waals surface area (Å²) in [6, 6.07) is 2.42. The van der Waals surface area contributed by atoms with Gasteiger partial charge in [0.05, 0.1) is 12.2 Å². The molecule has 1 atom stereocenters. The molecule has 1 unspecified atom stereocenters. The van der Waals surface area contributed by atoms with Crippen molar-refractivity contribution in [3.8, 4) is 0 Å². The van der Waals surface area contributed by atoms with Crippen LogP contribution >= 0.6 is 0 Å². The Morgan fingerprint density at radius 2 is 2.64 bits per heavy atom. The Kier molecular flexibility index (Phi) is 1.66. The van der Waals surface area contributed by atoms with E-state index in [2.05, 4.69) is 17.1 Å². The third-order valence-corrected chi connectivity index (χ3v) is 2.31. The van der Waals surface area contributed by atoms with Gasteiger partial charge in [0.1, 0.15) is 0 Å². The van der Waals surface area contributed by atoms with Crippen LogP contribution in [-0.4, -0.2) is 23.6 Å². The average Bonchev–Trinajstić information content (AvgIpc) is 2.55. The maximum absolute atomic E-state index is 5.10. The van der Waals surface area contributed by atoms with Crippen LogP contribution in [0.1, 0.15) is 24.6 Å². The van der Waals surface area contributed by atoms with Crippen LogP contribution in [0.4, 0.5) is 0 Å². The normalized spacial score (nSPS) is 26.1. The SMILES string of the molecule is CN1CCCC1c1ccno1. The molecule has 1 aliphatic heterocycles. The highest BCUT2D eigenvalue weighted by Gasteiger charge is 2.24. The standard InChI is InChI=1S/C8H12N2O/c1-10-6-2-3-7(10)8-4-5-9-11-8/h4-5,7H,2-3,6H2,1H3. The highest BCUT2D eigenvalue weighted by atomic mass is 16.5. The zero-order chi connectivity index (χ0) is 7.68. The zero-order valence-electron chi connectivity index (χ0n) is 6.66. The molecule has 0 aromatic carbocycles. The van der Waals surface area contributed by atoms with E-state index in [1.807, 2.05) is 6.07 Å². The molecule has 11 heavy (non-hydrogen) atoms. The Hall–Kier alpha value is -0.830. The lowest BCUT2D eigenvalue weighted by Gasteiger charge is -2.15. The van der Waals surface area contributed by atoms with Gasteiger partial charge in [0.25, 0.3) is 0 Å². The molecule has 0 bridgehead atoms. The Morgan fingerprint density at radius 3 is 3.18 bits per heavy atom. The molecule has 2 rings (SSSR count). The van der Waals surface area contributed by atoms with Crippen LogP contribution in [0.25, 0.3) is 0 Å². The molecule has 1 aliphatic rings. The van der Waals surface area contributed by atoms with Gasteiger partial charge >= 0.3 is 0 Å². The van der Waals surface area contributed by atoms with Crippen molar-refractivity contribution < 1.29 is 4.52 Å². The largest absolute Gasteiger partial charge is 0.360 e. The minimum absolute atomic E-state index is 0.470. The van der Waals surface area contributed by atoms with Gasteiger partial charge in [-0.3, -0.25) is 4.90 Å². The van der Waals surface area contributed by atoms with Crippen LogP contribution < -0.4 is 0 Å². The Labute approximate surface area is 66.0 Å². The van der Waals surface area contributed by atoms with E-state index in [-0.39, 0.29) is 0 Å². The molecule has 60 valence electrons. The van der Waals surface area contributed by atoms with Crippen LogP contribution in [0.5, 0.6) is 0 Å². The van der Waals surface area contributed by atoms with Crippen LogP contribution in [0, 0.1) is 0 Å². The fourth-order valence-electron chi connectivity index (χ4n) is 1.67. The Morgan fingerprint density at radius 1 is 1.73 bits per heavy atom. The molecule has 1 aromatic rings. The zero-order valence-corrected chi connectivity index (χ0v) is 6.66. The quantitative estimate of drug-likeness (QED) is 0.609. The van der Waals surface area contributed by atoms with E-state index in [9.17, 15) is 0 Å². The molecule has 1 fully saturated rings. The van der Waals surface area contributed by atoms with Gasteiger partial charge in [-0.15, -0.1) is 0 Å². The molecule has 0 saturated carbocycles. The molecule has 0 amide bonds. The third kappa shape index (κ3) is 1.16. The Balaban J connectivity index is 2.16. The van der Waals surface area contributed by atoms with Crippen LogP contribution in [0.15, 0.2) is 16.8 Å². The van der Waals surface area contributed by atoms with Gasteiger partial charge in [-0.1, -0.05) is 5.16 Å². The van der Waals surface area contributed by atoms with Gasteiger partial charge in [-0.2, -0.15) is 0 Å². The maximum Gasteiger partial charge on any atom is 0.153 e. The molecule has 1 aromatic heterocycles. The van der Waals surface area contributed by atoms with Gasteiger partial charge in [-0.25, -0.2) is 0 Å². The topological polar surface area (TPSA) is 29.3 Å². The summed E-state index contributed by atoms with van der Waals surface area (Å²) in [5.41, 5.74) is 0. The Bertz CT molecular complexity index is 220. The molecular weight excluding hydrogens is 140 g/mol. The van der Waals surface area contributed by atoms with E-state index < -0.39 is 0 Å². The number of hydrogen-bond donors (Lipinski definition) is 0. The number of aromatic nitrogens is 1. The second kappa shape index (κ2) is 2.66. The summed E-state index contributed by atoms with van der Waals surface area (Å²) in [5, 5.41) is 3.70. The van der Waals surface area contributed by atoms with Gasteiger partial charge in [0, 0.05) is 6.07 Å². The monoisotopic (exact) mass is 152 g/mol. The molecule has 2 heterocycles. The summed E-state index contributed by atoms with van der Waals surface area (Å²) >= 11 is 0. The average molecular weight is 152 g/mol. The van der Waals surface area contributed by atoms with Crippen molar-refractivity contribution >= 4 is 0 Å². The van der Waals surface area contributed by atoms with E-state index >= 15 is 0 Å². The minimum atomic E-state index is 0.470. The van der Waals surface area contributed by atoms with Crippen molar-refractivity contribution in [2.24, 2.45) is 0 Å². The van der Waals surface area contributed by atoms with Crippen LogP contribution in [0.2, 0.25) is 0 Å². The van der Waals surface area contributed by atoms with Crippen molar-refractivity contribution in [3.05, 3.63) is 18.0 Å². The van der Waals surface area contributed by atoms with E-state index in [0.29, 0.717) is 6.04 Å². The number of hydrogen-bond acceptors (Lipinski definition) is 3. The summed E-state index contributed by atoms with van der Waals surface area (Å²) in [4.78, 5) is 2.31. The molecule has 3 heteroatoms. The van der Waals surface area contributed by atoms with Crippen LogP contribution in [0.3, 0.4) is 0 Å². The van der Waals surface area contributed by atoms with Gasteiger partial charge < -0.3 is 4.52 Å². The molecular formula is C8H12N2O. The van der Waals surface area contributed by atoms with E-state index in [4.69, 9.17) is 4.52 Å². The lowest BCUT2D eigenvalue weighted by atomic mass is 10.2. The number of nitrogens with zero attached hydrogens (tertiary/aromatic N) is 2. The summed E-state index contributed by atoms with van der Waals surface area (Å²) in [7, 11) is 2.13. The first-order chi connectivity index (χ1) is 5.38. The fourth-order valence-corrected chi connectivity index (χ4v) is 1.67. The first-order valence-electron chi connectivity index (χ1n) is 3.99. The molecule has 0 N–H and O–H groups in total. The van der Waals surface area contributed by atoms with Gasteiger partial charge in [0.15, 0.2) is 5.76 Å². The summed E-state index contributed by atoms with van der Waals surface area (Å²) < 4.78 is 5.10. The molecule has 0 radical (unpaired) electrons. The second-order valence-corrected chi connectivity index (χ2v) is 3.05. The molecule has 3 nitrogen and oxygen atoms in total. The molecule has 1 saturated heterocycles. The summed E-state index contributed by atoms with van der Waals surface area (Å²) in [5.74, 6) is 1.00. The van der Waals surface area contributed by atoms with E-state index in [0.717, 1.165) is 5.76 Å². The van der Waals surface area contributed by atoms with Crippen molar-refractivity contribution in [3.63, 3.8) is 0 Å². The lowest BCUT2D eigenvalue weighted by molar-refractivity contribution is 0.252. The number of rotatable bonds is 1. The predicted molar refractivity (Wildman–Crippen MR) is 41.1 cm³/mol. The smallest absolute Gasteiger partial charge is 0.153 e. The second-order valence-electron chi connectivity index (χ2n) is 3.05. The highest BCUT2D eigenvalue weighted by Crippen LogP contribution is 2.29. The molecule has 0 spiro atoms. The minimum Gasteiger partial charge on any atom is -0.360 e. The van der Waals surface area contributed by atoms with Crippen molar-refractivity contribution in [1.82, 2.24) is 10.1 Å². The van der Waals surface area contributed by atoms with Gasteiger partial charge in [-0.05, 0) is 26.4 Å². The fraction of sp³-hybridized carbons (Fsp3) is 0.625. The van der Waals surface area contributed by atoms with Crippen molar-refractivity contribution in [1.29, 1.82) is 0 Å². The maximum atomic E-state index is 5.10. The number of likely N-dealkylation sites (tertiary alicyclic amines) is 1. The lowest BCUT2D eigenvalue weighted by Crippen LogP contribution is -2.16. The van der Waals surface area contributed by atoms with Gasteiger partial charge in [0.2, 0.25) is 0 Å². The van der Waals surface area contributed by atoms with Crippen molar-refractivity contribution in [2.45, 2.75) is 18.9 Å². The first-order valence-corrected chi connectivity index (χ1v) is 3.99. The van der Waals surface area contributed by atoms with Crippen molar-refractivity contribution in [2.75, 3.05) is 13.6 Å². The summed E-state index contributed by atoms with van der Waals surface area (Å²) in [6.07, 6.45) is 4.18. The highest BCUT2D eigenvalue weighted by molar-refractivity contribution is 5.02. The molecule has 0 aliphatic carbocycles. The van der Waals surface area contributed by atoms with E-state index in [1.54, 1.807) is 6.20 Å². The summed E-state index contributed by atoms with van der Waals surface area (Å²) in [6.45, 7) is 1.17.